The van der Waals surface area contributed by atoms with E-state index in [1.54, 1.807) is 18.5 Å². The van der Waals surface area contributed by atoms with E-state index in [2.05, 4.69) is 9.71 Å². The summed E-state index contributed by atoms with van der Waals surface area (Å²) in [5.74, 6) is -0.957. The monoisotopic (exact) mass is 326 g/mol. The van der Waals surface area contributed by atoms with Crippen LogP contribution in [0.5, 0.6) is 0 Å². The largest absolute Gasteiger partial charge is 0.481 e. The number of nitrogens with one attached hydrogen (secondary N) is 1. The van der Waals surface area contributed by atoms with Gasteiger partial charge in [-0.15, -0.1) is 11.3 Å². The third-order valence-electron chi connectivity index (χ3n) is 2.74. The van der Waals surface area contributed by atoms with E-state index in [4.69, 9.17) is 5.11 Å². The summed E-state index contributed by atoms with van der Waals surface area (Å²) in [6, 6.07) is 5.37. The first-order valence-corrected chi connectivity index (χ1v) is 8.47. The number of rotatable bonds is 6. The van der Waals surface area contributed by atoms with Crippen LogP contribution in [-0.2, 0) is 21.2 Å². The third-order valence-corrected chi connectivity index (χ3v) is 5.26. The molecular formula is C13H14N2O4S2. The molecule has 0 aliphatic carbocycles. The Morgan fingerprint density at radius 3 is 2.57 bits per heavy atom. The zero-order valence-corrected chi connectivity index (χ0v) is 12.8. The highest BCUT2D eigenvalue weighted by atomic mass is 32.2. The number of benzene rings is 1. The smallest absolute Gasteiger partial charge is 0.307 e. The van der Waals surface area contributed by atoms with E-state index in [-0.39, 0.29) is 11.3 Å². The summed E-state index contributed by atoms with van der Waals surface area (Å²) in [4.78, 5) is 14.8. The first-order chi connectivity index (χ1) is 9.88. The van der Waals surface area contributed by atoms with Crippen molar-refractivity contribution in [2.75, 3.05) is 0 Å². The van der Waals surface area contributed by atoms with Crippen LogP contribution >= 0.6 is 11.3 Å². The van der Waals surface area contributed by atoms with Crippen molar-refractivity contribution in [1.82, 2.24) is 9.71 Å². The molecule has 1 atom stereocenters. The highest BCUT2D eigenvalue weighted by Gasteiger charge is 2.19. The second-order valence-electron chi connectivity index (χ2n) is 4.43. The summed E-state index contributed by atoms with van der Waals surface area (Å²) < 4.78 is 27.0. The number of nitrogens with zero attached hydrogens (tertiary/aromatic N) is 1. The third kappa shape index (κ3) is 4.10. The van der Waals surface area contributed by atoms with E-state index in [0.29, 0.717) is 10.6 Å². The van der Waals surface area contributed by atoms with Crippen LogP contribution in [0.2, 0.25) is 0 Å². The molecule has 1 heterocycles. The van der Waals surface area contributed by atoms with Gasteiger partial charge in [0.25, 0.3) is 0 Å². The maximum atomic E-state index is 12.2. The lowest BCUT2D eigenvalue weighted by atomic mass is 10.2. The minimum Gasteiger partial charge on any atom is -0.481 e. The van der Waals surface area contributed by atoms with Crippen molar-refractivity contribution in [1.29, 1.82) is 0 Å². The maximum absolute atomic E-state index is 12.2. The molecule has 0 aliphatic heterocycles. The number of carbonyl (C=O) groups is 1. The molecule has 2 aromatic rings. The quantitative estimate of drug-likeness (QED) is 0.844. The van der Waals surface area contributed by atoms with E-state index in [0.717, 1.165) is 0 Å². The number of aromatic nitrogens is 1. The van der Waals surface area contributed by atoms with E-state index in [9.17, 15) is 13.2 Å². The highest BCUT2D eigenvalue weighted by molar-refractivity contribution is 7.89. The molecule has 0 aliphatic rings. The minimum atomic E-state index is -3.66. The van der Waals surface area contributed by atoms with Crippen molar-refractivity contribution in [3.8, 4) is 0 Å². The van der Waals surface area contributed by atoms with Gasteiger partial charge in [0.05, 0.1) is 17.4 Å². The predicted octanol–water partition coefficient (Wildman–Crippen LogP) is 1.81. The molecule has 0 radical (unpaired) electrons. The minimum absolute atomic E-state index is 0.0973. The number of sulfonamides is 1. The average molecular weight is 326 g/mol. The molecule has 0 bridgehead atoms. The molecule has 2 N–H and O–H groups in total. The summed E-state index contributed by atoms with van der Waals surface area (Å²) in [5, 5.41) is 11.1. The fourth-order valence-electron chi connectivity index (χ4n) is 1.76. The van der Waals surface area contributed by atoms with E-state index >= 15 is 0 Å². The Balaban J connectivity index is 2.14. The summed E-state index contributed by atoms with van der Waals surface area (Å²) >= 11 is 1.37. The van der Waals surface area contributed by atoms with E-state index < -0.39 is 22.0 Å². The van der Waals surface area contributed by atoms with Crippen molar-refractivity contribution in [2.45, 2.75) is 24.3 Å². The Bertz CT molecular complexity index is 709. The Kier molecular flexibility index (Phi) is 4.71. The average Bonchev–Trinajstić information content (AvgIpc) is 2.92. The van der Waals surface area contributed by atoms with Crippen LogP contribution in [0.3, 0.4) is 0 Å². The maximum Gasteiger partial charge on any atom is 0.307 e. The Hall–Kier alpha value is -1.77. The molecule has 8 heteroatoms. The molecule has 112 valence electrons. The number of hydrogen-bond donors (Lipinski definition) is 2. The van der Waals surface area contributed by atoms with Crippen molar-refractivity contribution in [3.05, 3.63) is 46.4 Å². The van der Waals surface area contributed by atoms with Gasteiger partial charge in [-0.05, 0) is 24.6 Å². The molecule has 0 fully saturated rings. The van der Waals surface area contributed by atoms with Gasteiger partial charge in [0.2, 0.25) is 10.0 Å². The normalized spacial score (nSPS) is 13.0. The van der Waals surface area contributed by atoms with E-state index in [1.807, 2.05) is 0 Å². The lowest BCUT2D eigenvalue weighted by molar-refractivity contribution is -0.136. The fourth-order valence-corrected chi connectivity index (χ4v) is 3.69. The first-order valence-electron chi connectivity index (χ1n) is 6.11. The van der Waals surface area contributed by atoms with E-state index in [1.165, 1.54) is 35.6 Å². The fraction of sp³-hybridized carbons (Fsp3) is 0.231. The van der Waals surface area contributed by atoms with Crippen molar-refractivity contribution >= 4 is 27.3 Å². The molecule has 0 saturated carbocycles. The van der Waals surface area contributed by atoms with Crippen molar-refractivity contribution in [2.24, 2.45) is 0 Å². The van der Waals surface area contributed by atoms with Crippen LogP contribution in [0.15, 0.2) is 40.7 Å². The van der Waals surface area contributed by atoms with Gasteiger partial charge in [0, 0.05) is 11.6 Å². The molecule has 0 spiro atoms. The lowest BCUT2D eigenvalue weighted by Crippen LogP contribution is -2.26. The second-order valence-corrected chi connectivity index (χ2v) is 7.07. The molecule has 1 aromatic carbocycles. The van der Waals surface area contributed by atoms with Gasteiger partial charge in [0.1, 0.15) is 5.01 Å². The molecule has 0 amide bonds. The van der Waals surface area contributed by atoms with Gasteiger partial charge in [-0.3, -0.25) is 4.79 Å². The van der Waals surface area contributed by atoms with Gasteiger partial charge < -0.3 is 5.11 Å². The predicted molar refractivity (Wildman–Crippen MR) is 78.6 cm³/mol. The molecule has 2 rings (SSSR count). The Morgan fingerprint density at radius 2 is 2.05 bits per heavy atom. The van der Waals surface area contributed by atoms with Crippen molar-refractivity contribution < 1.29 is 18.3 Å². The molecule has 0 saturated heterocycles. The number of carboxylic acids is 1. The van der Waals surface area contributed by atoms with Crippen LogP contribution in [-0.4, -0.2) is 24.5 Å². The van der Waals surface area contributed by atoms with Gasteiger partial charge in [-0.25, -0.2) is 18.1 Å². The standard InChI is InChI=1S/C13H14N2O4S2/c1-9(13-14-6-7-20-13)15-21(18,19)11-4-2-10(3-5-11)8-12(16)17/h2-7,9,15H,8H2,1H3,(H,16,17). The summed E-state index contributed by atoms with van der Waals surface area (Å²) in [5.41, 5.74) is 0.550. The van der Waals surface area contributed by atoms with Crippen molar-refractivity contribution in [3.63, 3.8) is 0 Å². The Labute approximate surface area is 126 Å². The van der Waals surface area contributed by atoms with Crippen LogP contribution in [0.1, 0.15) is 23.5 Å². The number of carboxylic acid groups (broad SMARTS) is 1. The molecular weight excluding hydrogens is 312 g/mol. The van der Waals surface area contributed by atoms with Crippen LogP contribution < -0.4 is 4.72 Å². The molecule has 6 nitrogen and oxygen atoms in total. The van der Waals surface area contributed by atoms with Gasteiger partial charge in [-0.1, -0.05) is 12.1 Å². The summed E-state index contributed by atoms with van der Waals surface area (Å²) in [6.07, 6.45) is 1.48. The molecule has 21 heavy (non-hydrogen) atoms. The van der Waals surface area contributed by atoms with Gasteiger partial charge >= 0.3 is 5.97 Å². The zero-order chi connectivity index (χ0) is 15.5. The summed E-state index contributed by atoms with van der Waals surface area (Å²) in [6.45, 7) is 1.72. The lowest BCUT2D eigenvalue weighted by Gasteiger charge is -2.12. The number of hydrogen-bond acceptors (Lipinski definition) is 5. The Morgan fingerprint density at radius 1 is 1.38 bits per heavy atom. The van der Waals surface area contributed by atoms with Crippen LogP contribution in [0, 0.1) is 0 Å². The molecule has 1 aromatic heterocycles. The van der Waals surface area contributed by atoms with Gasteiger partial charge in [0.15, 0.2) is 0 Å². The van der Waals surface area contributed by atoms with Crippen LogP contribution in [0.4, 0.5) is 0 Å². The number of aliphatic carboxylic acids is 1. The number of thiazole rings is 1. The topological polar surface area (TPSA) is 96.4 Å². The SMILES string of the molecule is CC(NS(=O)(=O)c1ccc(CC(=O)O)cc1)c1nccs1. The molecule has 1 unspecified atom stereocenters. The van der Waals surface area contributed by atoms with Gasteiger partial charge in [-0.2, -0.15) is 0 Å². The van der Waals surface area contributed by atoms with Crippen LogP contribution in [0.25, 0.3) is 0 Å². The first kappa shape index (κ1) is 15.6. The highest BCUT2D eigenvalue weighted by Crippen LogP contribution is 2.19. The zero-order valence-electron chi connectivity index (χ0n) is 11.2. The second kappa shape index (κ2) is 6.33. The summed E-state index contributed by atoms with van der Waals surface area (Å²) in [7, 11) is -3.66.